The van der Waals surface area contributed by atoms with Crippen LogP contribution in [-0.2, 0) is 6.54 Å². The molecular formula is C23H21ClN4O. The third kappa shape index (κ3) is 4.25. The molecule has 0 aliphatic rings. The van der Waals surface area contributed by atoms with Gasteiger partial charge in [0.1, 0.15) is 11.6 Å². The highest BCUT2D eigenvalue weighted by atomic mass is 35.5. The van der Waals surface area contributed by atoms with Crippen molar-refractivity contribution in [1.29, 1.82) is 0 Å². The van der Waals surface area contributed by atoms with E-state index in [0.717, 1.165) is 39.3 Å². The van der Waals surface area contributed by atoms with Gasteiger partial charge in [0.25, 0.3) is 0 Å². The highest BCUT2D eigenvalue weighted by Gasteiger charge is 2.10. The molecule has 0 spiro atoms. The number of rotatable bonds is 6. The van der Waals surface area contributed by atoms with Gasteiger partial charge in [-0.15, -0.1) is 0 Å². The quantitative estimate of drug-likeness (QED) is 0.415. The summed E-state index contributed by atoms with van der Waals surface area (Å²) in [5.74, 6) is 2.10. The summed E-state index contributed by atoms with van der Waals surface area (Å²) in [6, 6.07) is 21.6. The van der Waals surface area contributed by atoms with Crippen LogP contribution in [0.5, 0.6) is 5.75 Å². The van der Waals surface area contributed by atoms with Crippen molar-refractivity contribution in [1.82, 2.24) is 9.97 Å². The lowest BCUT2D eigenvalue weighted by molar-refractivity contribution is 0.410. The minimum absolute atomic E-state index is 0.506. The summed E-state index contributed by atoms with van der Waals surface area (Å²) in [5.41, 5.74) is 3.77. The SMILES string of the molecule is COc1ccccc1CNc1nc(Nc2ccc(C)c(Cl)c2)nc2ccccc12. The number of nitrogens with zero attached hydrogens (tertiary/aromatic N) is 2. The number of hydrogen-bond acceptors (Lipinski definition) is 5. The lowest BCUT2D eigenvalue weighted by atomic mass is 10.2. The van der Waals surface area contributed by atoms with Crippen LogP contribution in [0, 0.1) is 6.92 Å². The minimum atomic E-state index is 0.506. The van der Waals surface area contributed by atoms with Gasteiger partial charge in [0.15, 0.2) is 0 Å². The minimum Gasteiger partial charge on any atom is -0.496 e. The Kier molecular flexibility index (Phi) is 5.49. The first kappa shape index (κ1) is 19.0. The number of hydrogen-bond donors (Lipinski definition) is 2. The number of aromatic nitrogens is 2. The molecule has 0 saturated carbocycles. The van der Waals surface area contributed by atoms with Crippen molar-refractivity contribution in [3.05, 3.63) is 82.9 Å². The molecule has 0 amide bonds. The van der Waals surface area contributed by atoms with Gasteiger partial charge >= 0.3 is 0 Å². The third-order valence-corrected chi connectivity index (χ3v) is 5.08. The van der Waals surface area contributed by atoms with E-state index in [1.807, 2.05) is 73.7 Å². The average Bonchev–Trinajstić information content (AvgIpc) is 2.75. The largest absolute Gasteiger partial charge is 0.496 e. The summed E-state index contributed by atoms with van der Waals surface area (Å²) in [5, 5.41) is 8.34. The highest BCUT2D eigenvalue weighted by molar-refractivity contribution is 6.31. The maximum Gasteiger partial charge on any atom is 0.229 e. The number of fused-ring (bicyclic) bond motifs is 1. The number of anilines is 3. The van der Waals surface area contributed by atoms with Crippen molar-refractivity contribution in [2.24, 2.45) is 0 Å². The van der Waals surface area contributed by atoms with Crippen LogP contribution >= 0.6 is 11.6 Å². The molecule has 0 atom stereocenters. The van der Waals surface area contributed by atoms with Crippen LogP contribution in [0.15, 0.2) is 66.7 Å². The Labute approximate surface area is 174 Å². The summed E-state index contributed by atoms with van der Waals surface area (Å²) < 4.78 is 5.45. The highest BCUT2D eigenvalue weighted by Crippen LogP contribution is 2.27. The second-order valence-electron chi connectivity index (χ2n) is 6.67. The summed E-state index contributed by atoms with van der Waals surface area (Å²) in [6.45, 7) is 2.55. The molecule has 6 heteroatoms. The Balaban J connectivity index is 1.66. The van der Waals surface area contributed by atoms with E-state index in [0.29, 0.717) is 17.5 Å². The first-order valence-corrected chi connectivity index (χ1v) is 9.67. The molecule has 1 aromatic heterocycles. The zero-order valence-corrected chi connectivity index (χ0v) is 17.0. The number of methoxy groups -OCH3 is 1. The average molecular weight is 405 g/mol. The van der Waals surface area contributed by atoms with Gasteiger partial charge in [-0.1, -0.05) is 48.0 Å². The van der Waals surface area contributed by atoms with E-state index in [1.165, 1.54) is 0 Å². The molecule has 3 aromatic carbocycles. The molecule has 0 radical (unpaired) electrons. The van der Waals surface area contributed by atoms with E-state index in [4.69, 9.17) is 21.3 Å². The molecule has 5 nitrogen and oxygen atoms in total. The molecule has 0 saturated heterocycles. The fraction of sp³-hybridized carbons (Fsp3) is 0.130. The van der Waals surface area contributed by atoms with Gasteiger partial charge in [-0.25, -0.2) is 4.98 Å². The van der Waals surface area contributed by atoms with Gasteiger partial charge in [-0.2, -0.15) is 4.98 Å². The van der Waals surface area contributed by atoms with E-state index in [-0.39, 0.29) is 0 Å². The van der Waals surface area contributed by atoms with Crippen molar-refractivity contribution >= 4 is 40.0 Å². The lowest BCUT2D eigenvalue weighted by Crippen LogP contribution is -2.06. The van der Waals surface area contributed by atoms with Crippen molar-refractivity contribution in [2.45, 2.75) is 13.5 Å². The lowest BCUT2D eigenvalue weighted by Gasteiger charge is -2.13. The Morgan fingerprint density at radius 1 is 0.966 bits per heavy atom. The van der Waals surface area contributed by atoms with Gasteiger partial charge in [-0.3, -0.25) is 0 Å². The summed E-state index contributed by atoms with van der Waals surface area (Å²) in [6.07, 6.45) is 0. The second-order valence-corrected chi connectivity index (χ2v) is 7.07. The summed E-state index contributed by atoms with van der Waals surface area (Å²) >= 11 is 6.25. The smallest absolute Gasteiger partial charge is 0.229 e. The van der Waals surface area contributed by atoms with Gasteiger partial charge in [0.05, 0.1) is 12.6 Å². The van der Waals surface area contributed by atoms with Crippen LogP contribution in [0.3, 0.4) is 0 Å². The van der Waals surface area contributed by atoms with Crippen LogP contribution < -0.4 is 15.4 Å². The van der Waals surface area contributed by atoms with Crippen LogP contribution in [0.2, 0.25) is 5.02 Å². The Morgan fingerprint density at radius 2 is 1.76 bits per heavy atom. The molecule has 0 aliphatic heterocycles. The van der Waals surface area contributed by atoms with Gasteiger partial charge in [0.2, 0.25) is 5.95 Å². The number of benzene rings is 3. The van der Waals surface area contributed by atoms with E-state index in [2.05, 4.69) is 15.6 Å². The van der Waals surface area contributed by atoms with Gasteiger partial charge in [-0.05, 0) is 42.8 Å². The summed E-state index contributed by atoms with van der Waals surface area (Å²) in [7, 11) is 1.67. The molecule has 0 unspecified atom stereocenters. The predicted octanol–water partition coefficient (Wildman–Crippen LogP) is 5.96. The van der Waals surface area contributed by atoms with E-state index in [9.17, 15) is 0 Å². The van der Waals surface area contributed by atoms with Gasteiger partial charge < -0.3 is 15.4 Å². The number of ether oxygens (including phenoxy) is 1. The maximum atomic E-state index is 6.25. The van der Waals surface area contributed by atoms with Crippen LogP contribution in [0.4, 0.5) is 17.5 Å². The fourth-order valence-corrected chi connectivity index (χ4v) is 3.28. The Hall–Kier alpha value is -3.31. The zero-order valence-electron chi connectivity index (χ0n) is 16.2. The molecule has 146 valence electrons. The van der Waals surface area contributed by atoms with Crippen molar-refractivity contribution in [3.63, 3.8) is 0 Å². The van der Waals surface area contributed by atoms with Gasteiger partial charge in [0, 0.05) is 28.2 Å². The molecule has 4 aromatic rings. The monoisotopic (exact) mass is 404 g/mol. The van der Waals surface area contributed by atoms with E-state index in [1.54, 1.807) is 7.11 Å². The van der Waals surface area contributed by atoms with E-state index < -0.39 is 0 Å². The second kappa shape index (κ2) is 8.37. The van der Waals surface area contributed by atoms with Crippen LogP contribution in [-0.4, -0.2) is 17.1 Å². The topological polar surface area (TPSA) is 59.1 Å². The molecule has 2 N–H and O–H groups in total. The molecule has 29 heavy (non-hydrogen) atoms. The number of aryl methyl sites for hydroxylation is 1. The van der Waals surface area contributed by atoms with Crippen LogP contribution in [0.25, 0.3) is 10.9 Å². The molecule has 0 fully saturated rings. The first-order chi connectivity index (χ1) is 14.1. The zero-order chi connectivity index (χ0) is 20.2. The Morgan fingerprint density at radius 3 is 2.59 bits per heavy atom. The summed E-state index contributed by atoms with van der Waals surface area (Å²) in [4.78, 5) is 9.34. The van der Waals surface area contributed by atoms with Crippen molar-refractivity contribution in [2.75, 3.05) is 17.7 Å². The maximum absolute atomic E-state index is 6.25. The molecule has 0 aliphatic carbocycles. The fourth-order valence-electron chi connectivity index (χ4n) is 3.09. The van der Waals surface area contributed by atoms with Crippen molar-refractivity contribution < 1.29 is 4.74 Å². The van der Waals surface area contributed by atoms with Crippen LogP contribution in [0.1, 0.15) is 11.1 Å². The number of para-hydroxylation sites is 2. The number of nitrogens with one attached hydrogen (secondary N) is 2. The Bertz CT molecular complexity index is 1160. The van der Waals surface area contributed by atoms with E-state index >= 15 is 0 Å². The molecule has 1 heterocycles. The third-order valence-electron chi connectivity index (χ3n) is 4.67. The standard InChI is InChI=1S/C23H21ClN4O/c1-15-11-12-17(13-19(15)24)26-23-27-20-9-5-4-8-18(20)22(28-23)25-14-16-7-3-6-10-21(16)29-2/h3-13H,14H2,1-2H3,(H2,25,26,27,28). The molecule has 0 bridgehead atoms. The molecular weight excluding hydrogens is 384 g/mol. The first-order valence-electron chi connectivity index (χ1n) is 9.30. The normalized spacial score (nSPS) is 10.7. The molecule has 4 rings (SSSR count). The van der Waals surface area contributed by atoms with Crippen molar-refractivity contribution in [3.8, 4) is 5.75 Å². The number of halogens is 1. The predicted molar refractivity (Wildman–Crippen MR) is 119 cm³/mol.